The van der Waals surface area contributed by atoms with E-state index < -0.39 is 11.8 Å². The third kappa shape index (κ3) is 8.71. The number of nitrogens with one attached hydrogen (secondary N) is 3. The summed E-state index contributed by atoms with van der Waals surface area (Å²) in [6.07, 6.45) is 1.37. The SMILES string of the molecule is O=C(COc1ccc(/C=N\NC(=O)C(=O)Nc2ccc(OCc3ccccc3)cc2)cc1)Nc1ccccc1Cl. The van der Waals surface area contributed by atoms with E-state index in [2.05, 4.69) is 21.2 Å². The number of carbonyl (C=O) groups is 3. The number of rotatable bonds is 10. The van der Waals surface area contributed by atoms with Crippen molar-refractivity contribution in [3.63, 3.8) is 0 Å². The Kier molecular flexibility index (Phi) is 9.84. The lowest BCUT2D eigenvalue weighted by Gasteiger charge is -2.09. The van der Waals surface area contributed by atoms with Gasteiger partial charge in [0.15, 0.2) is 6.61 Å². The summed E-state index contributed by atoms with van der Waals surface area (Å²) in [4.78, 5) is 36.3. The van der Waals surface area contributed by atoms with Gasteiger partial charge in [0.05, 0.1) is 16.9 Å². The topological polar surface area (TPSA) is 118 Å². The van der Waals surface area contributed by atoms with E-state index in [4.69, 9.17) is 21.1 Å². The summed E-state index contributed by atoms with van der Waals surface area (Å²) in [6.45, 7) is 0.220. The molecule has 4 rings (SSSR count). The van der Waals surface area contributed by atoms with Crippen molar-refractivity contribution in [3.8, 4) is 11.5 Å². The van der Waals surface area contributed by atoms with Crippen LogP contribution in [0.5, 0.6) is 11.5 Å². The van der Waals surface area contributed by atoms with Gasteiger partial charge in [-0.15, -0.1) is 0 Å². The predicted octanol–water partition coefficient (Wildman–Crippen LogP) is 5.03. The first kappa shape index (κ1) is 27.9. The second kappa shape index (κ2) is 14.1. The third-order valence-corrected chi connectivity index (χ3v) is 5.67. The van der Waals surface area contributed by atoms with E-state index in [-0.39, 0.29) is 12.5 Å². The number of anilines is 2. The van der Waals surface area contributed by atoms with Crippen molar-refractivity contribution in [2.24, 2.45) is 5.10 Å². The molecule has 0 fully saturated rings. The molecule has 3 amide bonds. The first-order valence-corrected chi connectivity index (χ1v) is 12.5. The Morgan fingerprint density at radius 2 is 1.38 bits per heavy atom. The van der Waals surface area contributed by atoms with E-state index >= 15 is 0 Å². The summed E-state index contributed by atoms with van der Waals surface area (Å²) in [6, 6.07) is 30.0. The summed E-state index contributed by atoms with van der Waals surface area (Å²) in [7, 11) is 0. The highest BCUT2D eigenvalue weighted by molar-refractivity contribution is 6.39. The molecule has 0 saturated heterocycles. The lowest BCUT2D eigenvalue weighted by Crippen LogP contribution is -2.32. The van der Waals surface area contributed by atoms with Crippen molar-refractivity contribution in [2.75, 3.05) is 17.2 Å². The normalized spacial score (nSPS) is 10.5. The molecular formula is C30H25ClN4O5. The van der Waals surface area contributed by atoms with Crippen LogP contribution in [0.3, 0.4) is 0 Å². The first-order chi connectivity index (χ1) is 19.5. The summed E-state index contributed by atoms with van der Waals surface area (Å²) < 4.78 is 11.2. The van der Waals surface area contributed by atoms with Crippen LogP contribution in [0.15, 0.2) is 108 Å². The van der Waals surface area contributed by atoms with E-state index in [1.807, 2.05) is 30.3 Å². The average Bonchev–Trinajstić information content (AvgIpc) is 2.98. The van der Waals surface area contributed by atoms with Crippen LogP contribution in [0.1, 0.15) is 11.1 Å². The zero-order chi connectivity index (χ0) is 28.2. The van der Waals surface area contributed by atoms with E-state index in [1.165, 1.54) is 6.21 Å². The van der Waals surface area contributed by atoms with Gasteiger partial charge in [0.1, 0.15) is 18.1 Å². The molecule has 3 N–H and O–H groups in total. The Balaban J connectivity index is 1.17. The highest BCUT2D eigenvalue weighted by Crippen LogP contribution is 2.20. The second-order valence-corrected chi connectivity index (χ2v) is 8.74. The Hall–Kier alpha value is -5.15. The molecule has 0 radical (unpaired) electrons. The zero-order valence-electron chi connectivity index (χ0n) is 21.2. The van der Waals surface area contributed by atoms with Crippen molar-refractivity contribution < 1.29 is 23.9 Å². The second-order valence-electron chi connectivity index (χ2n) is 8.34. The van der Waals surface area contributed by atoms with Gasteiger partial charge in [0.25, 0.3) is 5.91 Å². The van der Waals surface area contributed by atoms with Crippen LogP contribution in [-0.4, -0.2) is 30.5 Å². The highest BCUT2D eigenvalue weighted by atomic mass is 35.5. The molecular weight excluding hydrogens is 532 g/mol. The van der Waals surface area contributed by atoms with Crippen molar-refractivity contribution in [1.82, 2.24) is 5.43 Å². The molecule has 0 unspecified atom stereocenters. The van der Waals surface area contributed by atoms with Gasteiger partial charge in [-0.3, -0.25) is 14.4 Å². The Labute approximate surface area is 235 Å². The van der Waals surface area contributed by atoms with Gasteiger partial charge in [-0.1, -0.05) is 54.1 Å². The Morgan fingerprint density at radius 1 is 0.725 bits per heavy atom. The van der Waals surface area contributed by atoms with Crippen LogP contribution >= 0.6 is 11.6 Å². The molecule has 0 spiro atoms. The molecule has 0 saturated carbocycles. The lowest BCUT2D eigenvalue weighted by molar-refractivity contribution is -0.136. The maximum absolute atomic E-state index is 12.2. The van der Waals surface area contributed by atoms with E-state index in [1.54, 1.807) is 72.8 Å². The minimum absolute atomic E-state index is 0.201. The minimum Gasteiger partial charge on any atom is -0.489 e. The van der Waals surface area contributed by atoms with Gasteiger partial charge in [-0.2, -0.15) is 5.10 Å². The standard InChI is InChI=1S/C30H25ClN4O5/c31-26-8-4-5-9-27(26)34-28(36)20-40-24-14-10-21(11-15-24)18-32-35-30(38)29(37)33-23-12-16-25(17-13-23)39-19-22-6-2-1-3-7-22/h1-18H,19-20H2,(H,33,37)(H,34,36)(H,35,38)/b32-18-. The van der Waals surface area contributed by atoms with Gasteiger partial charge in [-0.25, -0.2) is 5.43 Å². The number of benzene rings is 4. The molecule has 0 aromatic heterocycles. The smallest absolute Gasteiger partial charge is 0.329 e. The van der Waals surface area contributed by atoms with Crippen LogP contribution in [0, 0.1) is 0 Å². The van der Waals surface area contributed by atoms with Gasteiger partial charge < -0.3 is 20.1 Å². The molecule has 0 heterocycles. The number of amides is 3. The molecule has 0 aliphatic heterocycles. The maximum atomic E-state index is 12.2. The largest absolute Gasteiger partial charge is 0.489 e. The number of halogens is 1. The van der Waals surface area contributed by atoms with Gasteiger partial charge in [-0.05, 0) is 71.8 Å². The monoisotopic (exact) mass is 556 g/mol. The Bertz CT molecular complexity index is 1480. The molecule has 0 atom stereocenters. The Morgan fingerprint density at radius 3 is 2.10 bits per heavy atom. The molecule has 0 aliphatic rings. The molecule has 4 aromatic rings. The highest BCUT2D eigenvalue weighted by Gasteiger charge is 2.13. The number of para-hydroxylation sites is 1. The summed E-state index contributed by atoms with van der Waals surface area (Å²) in [5.41, 5.74) is 4.80. The minimum atomic E-state index is -0.926. The number of ether oxygens (including phenoxy) is 2. The van der Waals surface area contributed by atoms with Crippen molar-refractivity contribution in [1.29, 1.82) is 0 Å². The van der Waals surface area contributed by atoms with Crippen molar-refractivity contribution >= 4 is 46.9 Å². The van der Waals surface area contributed by atoms with E-state index in [9.17, 15) is 14.4 Å². The maximum Gasteiger partial charge on any atom is 0.329 e. The number of nitrogens with zero attached hydrogens (tertiary/aromatic N) is 1. The van der Waals surface area contributed by atoms with Crippen LogP contribution in [0.25, 0.3) is 0 Å². The van der Waals surface area contributed by atoms with Gasteiger partial charge in [0, 0.05) is 5.69 Å². The number of hydrazone groups is 1. The average molecular weight is 557 g/mol. The number of carbonyl (C=O) groups excluding carboxylic acids is 3. The third-order valence-electron chi connectivity index (χ3n) is 5.34. The zero-order valence-corrected chi connectivity index (χ0v) is 21.9. The molecule has 4 aromatic carbocycles. The summed E-state index contributed by atoms with van der Waals surface area (Å²) >= 11 is 6.03. The van der Waals surface area contributed by atoms with Gasteiger partial charge in [0.2, 0.25) is 0 Å². The molecule has 0 bridgehead atoms. The number of hydrogen-bond donors (Lipinski definition) is 3. The molecule has 9 nitrogen and oxygen atoms in total. The van der Waals surface area contributed by atoms with Crippen LogP contribution in [0.2, 0.25) is 5.02 Å². The fraction of sp³-hybridized carbons (Fsp3) is 0.0667. The lowest BCUT2D eigenvalue weighted by atomic mass is 10.2. The van der Waals surface area contributed by atoms with Crippen LogP contribution < -0.4 is 25.5 Å². The quantitative estimate of drug-likeness (QED) is 0.144. The summed E-state index contributed by atoms with van der Waals surface area (Å²) in [5, 5.41) is 9.42. The van der Waals surface area contributed by atoms with Crippen molar-refractivity contribution in [2.45, 2.75) is 6.61 Å². The molecule has 10 heteroatoms. The molecule has 40 heavy (non-hydrogen) atoms. The van der Waals surface area contributed by atoms with E-state index in [0.29, 0.717) is 40.1 Å². The fourth-order valence-corrected chi connectivity index (χ4v) is 3.51. The number of hydrogen-bond acceptors (Lipinski definition) is 6. The summed E-state index contributed by atoms with van der Waals surface area (Å²) in [5.74, 6) is -1.05. The van der Waals surface area contributed by atoms with Crippen LogP contribution in [0.4, 0.5) is 11.4 Å². The first-order valence-electron chi connectivity index (χ1n) is 12.1. The molecule has 0 aliphatic carbocycles. The van der Waals surface area contributed by atoms with E-state index in [0.717, 1.165) is 5.56 Å². The predicted molar refractivity (Wildman–Crippen MR) is 154 cm³/mol. The molecule has 202 valence electrons. The fourth-order valence-electron chi connectivity index (χ4n) is 3.33. The van der Waals surface area contributed by atoms with Gasteiger partial charge >= 0.3 is 11.8 Å². The van der Waals surface area contributed by atoms with Crippen molar-refractivity contribution in [3.05, 3.63) is 119 Å². The van der Waals surface area contributed by atoms with Crippen LogP contribution in [-0.2, 0) is 21.0 Å².